The summed E-state index contributed by atoms with van der Waals surface area (Å²) >= 11 is 0. The van der Waals surface area contributed by atoms with E-state index in [9.17, 15) is 4.79 Å². The van der Waals surface area contributed by atoms with Crippen LogP contribution in [0.3, 0.4) is 0 Å². The molecule has 1 aromatic heterocycles. The Labute approximate surface area is 199 Å². The summed E-state index contributed by atoms with van der Waals surface area (Å²) in [5.74, 6) is 1.83. The molecule has 3 aromatic rings. The van der Waals surface area contributed by atoms with Crippen molar-refractivity contribution in [2.45, 2.75) is 51.7 Å². The highest BCUT2D eigenvalue weighted by atomic mass is 16.5. The molecule has 0 aliphatic carbocycles. The number of aromatic nitrogens is 2. The van der Waals surface area contributed by atoms with Gasteiger partial charge in [-0.2, -0.15) is 4.98 Å². The maximum Gasteiger partial charge on any atom is 0.251 e. The first-order valence-corrected chi connectivity index (χ1v) is 11.8. The average molecular weight is 460 g/mol. The number of nitrogens with zero attached hydrogens (tertiary/aromatic N) is 4. The minimum atomic E-state index is -0.283. The lowest BCUT2D eigenvalue weighted by molar-refractivity contribution is -0.135. The molecule has 34 heavy (non-hydrogen) atoms. The monoisotopic (exact) mass is 459 g/mol. The summed E-state index contributed by atoms with van der Waals surface area (Å²) < 4.78 is 11.2. The smallest absolute Gasteiger partial charge is 0.251 e. The van der Waals surface area contributed by atoms with Crippen molar-refractivity contribution < 1.29 is 14.1 Å². The lowest BCUT2D eigenvalue weighted by atomic mass is 10.0. The quantitative estimate of drug-likeness (QED) is 0.501. The van der Waals surface area contributed by atoms with E-state index in [-0.39, 0.29) is 24.5 Å². The van der Waals surface area contributed by atoms with Crippen LogP contribution in [0.1, 0.15) is 49.2 Å². The summed E-state index contributed by atoms with van der Waals surface area (Å²) in [6.45, 7) is 5.13. The Balaban J connectivity index is 1.22. The Kier molecular flexibility index (Phi) is 6.31. The molecule has 1 amide bonds. The molecule has 176 valence electrons. The molecule has 2 aliphatic rings. The highest BCUT2D eigenvalue weighted by Gasteiger charge is 2.40. The van der Waals surface area contributed by atoms with Gasteiger partial charge in [-0.1, -0.05) is 54.9 Å². The summed E-state index contributed by atoms with van der Waals surface area (Å²) in [5, 5.41) is 6.00. The van der Waals surface area contributed by atoms with Crippen LogP contribution in [0.4, 0.5) is 0 Å². The third-order valence-corrected chi connectivity index (χ3v) is 6.28. The topological polar surface area (TPSA) is 83.7 Å². The van der Waals surface area contributed by atoms with Gasteiger partial charge in [0.25, 0.3) is 5.91 Å². The summed E-state index contributed by atoms with van der Waals surface area (Å²) in [7, 11) is 0. The first-order chi connectivity index (χ1) is 16.6. The molecule has 1 saturated heterocycles. The Morgan fingerprint density at radius 2 is 1.97 bits per heavy atom. The second kappa shape index (κ2) is 9.69. The number of benzene rings is 2. The van der Waals surface area contributed by atoms with Gasteiger partial charge in [-0.25, -0.2) is 5.43 Å². The minimum absolute atomic E-state index is 0.00709. The first kappa shape index (κ1) is 22.2. The molecule has 0 saturated carbocycles. The number of amides is 1. The fraction of sp³-hybridized carbons (Fsp3) is 0.346. The maximum absolute atomic E-state index is 13.2. The van der Waals surface area contributed by atoms with Crippen LogP contribution >= 0.6 is 0 Å². The van der Waals surface area contributed by atoms with Crippen LogP contribution in [0.5, 0.6) is 5.75 Å². The molecule has 5 rings (SSSR count). The molecule has 2 aromatic carbocycles. The molecule has 0 bridgehead atoms. The van der Waals surface area contributed by atoms with Gasteiger partial charge < -0.3 is 19.2 Å². The van der Waals surface area contributed by atoms with E-state index in [4.69, 9.17) is 9.26 Å². The molecule has 2 aliphatic heterocycles. The lowest BCUT2D eigenvalue weighted by Gasteiger charge is -2.30. The van der Waals surface area contributed by atoms with E-state index >= 15 is 0 Å². The van der Waals surface area contributed by atoms with Gasteiger partial charge in [-0.15, -0.1) is 0 Å². The standard InChI is InChI=1S/C26H29N5O3/c1-3-4-15-33-20-11-9-19(10-12-20)22-16-23-26(32)30(13-14-31(23)28-22)17-24-27-25(29-34-24)21-8-6-5-7-18(21)2/h5-14,22-23,28H,3-4,15-17H2,1-2H3. The molecule has 1 fully saturated rings. The van der Waals surface area contributed by atoms with Crippen molar-refractivity contribution in [3.05, 3.63) is 77.9 Å². The van der Waals surface area contributed by atoms with E-state index < -0.39 is 0 Å². The Morgan fingerprint density at radius 1 is 1.15 bits per heavy atom. The van der Waals surface area contributed by atoms with Crippen LogP contribution in [0.15, 0.2) is 65.5 Å². The first-order valence-electron chi connectivity index (χ1n) is 11.8. The van der Waals surface area contributed by atoms with Crippen LogP contribution in [0, 0.1) is 6.92 Å². The molecule has 0 radical (unpaired) electrons. The third kappa shape index (κ3) is 4.54. The Bertz CT molecular complexity index is 1170. The van der Waals surface area contributed by atoms with E-state index in [0.29, 0.717) is 18.1 Å². The van der Waals surface area contributed by atoms with E-state index in [1.807, 2.05) is 54.5 Å². The highest BCUT2D eigenvalue weighted by molar-refractivity contribution is 5.84. The van der Waals surface area contributed by atoms with Crippen LogP contribution in [-0.4, -0.2) is 38.6 Å². The summed E-state index contributed by atoms with van der Waals surface area (Å²) in [6, 6.07) is 15.8. The van der Waals surface area contributed by atoms with Gasteiger partial charge in [0.1, 0.15) is 18.3 Å². The molecule has 2 atom stereocenters. The zero-order chi connectivity index (χ0) is 23.5. The second-order valence-electron chi connectivity index (χ2n) is 8.70. The SMILES string of the molecule is CCCCOc1ccc(C2CC3C(=O)N(Cc4nc(-c5ccccc5C)no4)C=CN3N2)cc1. The van der Waals surface area contributed by atoms with Crippen LogP contribution in [-0.2, 0) is 11.3 Å². The Morgan fingerprint density at radius 3 is 2.76 bits per heavy atom. The number of ether oxygens (including phenoxy) is 1. The second-order valence-corrected chi connectivity index (χ2v) is 8.70. The molecule has 8 heteroatoms. The number of aryl methyl sites for hydroxylation is 1. The molecule has 0 spiro atoms. The minimum Gasteiger partial charge on any atom is -0.494 e. The van der Waals surface area contributed by atoms with Gasteiger partial charge in [-0.3, -0.25) is 4.79 Å². The maximum atomic E-state index is 13.2. The van der Waals surface area contributed by atoms with Crippen molar-refractivity contribution >= 4 is 5.91 Å². The third-order valence-electron chi connectivity index (χ3n) is 6.28. The summed E-state index contributed by atoms with van der Waals surface area (Å²) in [5.41, 5.74) is 6.56. The highest BCUT2D eigenvalue weighted by Crippen LogP contribution is 2.32. The predicted octanol–water partition coefficient (Wildman–Crippen LogP) is 4.36. The van der Waals surface area contributed by atoms with Gasteiger partial charge in [-0.05, 0) is 43.0 Å². The number of rotatable bonds is 8. The van der Waals surface area contributed by atoms with Crippen LogP contribution in [0.2, 0.25) is 0 Å². The van der Waals surface area contributed by atoms with Gasteiger partial charge >= 0.3 is 0 Å². The zero-order valence-electron chi connectivity index (χ0n) is 19.5. The number of nitrogens with one attached hydrogen (secondary N) is 1. The Hall–Kier alpha value is -3.65. The van der Waals surface area contributed by atoms with Crippen molar-refractivity contribution in [1.29, 1.82) is 0 Å². The van der Waals surface area contributed by atoms with Gasteiger partial charge in [0.15, 0.2) is 0 Å². The zero-order valence-corrected chi connectivity index (χ0v) is 19.5. The number of fused-ring (bicyclic) bond motifs is 1. The van der Waals surface area contributed by atoms with Crippen LogP contribution < -0.4 is 10.2 Å². The molecule has 2 unspecified atom stereocenters. The van der Waals surface area contributed by atoms with Crippen molar-refractivity contribution in [3.8, 4) is 17.1 Å². The number of hydrogen-bond donors (Lipinski definition) is 1. The predicted molar refractivity (Wildman–Crippen MR) is 127 cm³/mol. The number of unbranched alkanes of at least 4 members (excludes halogenated alkanes) is 1. The molecule has 8 nitrogen and oxygen atoms in total. The molecular weight excluding hydrogens is 430 g/mol. The van der Waals surface area contributed by atoms with Gasteiger partial charge in [0.05, 0.1) is 12.6 Å². The van der Waals surface area contributed by atoms with Crippen molar-refractivity contribution in [2.24, 2.45) is 0 Å². The largest absolute Gasteiger partial charge is 0.494 e. The number of carbonyl (C=O) groups excluding carboxylic acids is 1. The van der Waals surface area contributed by atoms with Crippen molar-refractivity contribution in [3.63, 3.8) is 0 Å². The van der Waals surface area contributed by atoms with Crippen molar-refractivity contribution in [1.82, 2.24) is 25.5 Å². The molecule has 3 heterocycles. The summed E-state index contributed by atoms with van der Waals surface area (Å²) in [6.07, 6.45) is 6.49. The fourth-order valence-electron chi connectivity index (χ4n) is 4.31. The van der Waals surface area contributed by atoms with E-state index in [2.05, 4.69) is 34.6 Å². The number of carbonyl (C=O) groups is 1. The van der Waals surface area contributed by atoms with E-state index in [1.54, 1.807) is 11.1 Å². The lowest BCUT2D eigenvalue weighted by Crippen LogP contribution is -2.47. The van der Waals surface area contributed by atoms with Crippen molar-refractivity contribution in [2.75, 3.05) is 6.61 Å². The number of hydrazine groups is 1. The normalized spacial score (nSPS) is 19.5. The summed E-state index contributed by atoms with van der Waals surface area (Å²) in [4.78, 5) is 19.4. The fourth-order valence-corrected chi connectivity index (χ4v) is 4.31. The number of hydrogen-bond acceptors (Lipinski definition) is 7. The van der Waals surface area contributed by atoms with Crippen LogP contribution in [0.25, 0.3) is 11.4 Å². The van der Waals surface area contributed by atoms with E-state index in [1.165, 1.54) is 0 Å². The average Bonchev–Trinajstić information content (AvgIpc) is 3.50. The molecule has 1 N–H and O–H groups in total. The van der Waals surface area contributed by atoms with Gasteiger partial charge in [0, 0.05) is 18.0 Å². The molecular formula is C26H29N5O3. The van der Waals surface area contributed by atoms with E-state index in [0.717, 1.165) is 41.9 Å². The van der Waals surface area contributed by atoms with Gasteiger partial charge in [0.2, 0.25) is 11.7 Å².